The molecule has 0 saturated heterocycles. The van der Waals surface area contributed by atoms with Gasteiger partial charge in [-0.3, -0.25) is 9.69 Å². The first-order valence-electron chi connectivity index (χ1n) is 10.6. The standard InChI is InChI=1S/C26H21N5O2S/c1-15-21(25(32)30-17-9-4-3-5-10-17)23(31-24(28)20(14-27)34-26(31)29-15)22-18-11-7-6-8-16(18)12-13-19(22)33-2/h3-13,23H,28H2,1-2H3,(H,30,32)/t23-/m0/s1. The Kier molecular flexibility index (Phi) is 5.48. The highest BCUT2D eigenvalue weighted by molar-refractivity contribution is 8.17. The van der Waals surface area contributed by atoms with Gasteiger partial charge in [0.15, 0.2) is 5.17 Å². The lowest BCUT2D eigenvalue weighted by Crippen LogP contribution is -2.39. The first-order valence-corrected chi connectivity index (χ1v) is 11.4. The second kappa shape index (κ2) is 8.61. The molecule has 34 heavy (non-hydrogen) atoms. The van der Waals surface area contributed by atoms with E-state index in [1.165, 1.54) is 11.8 Å². The third-order valence-electron chi connectivity index (χ3n) is 5.88. The number of hydrogen-bond acceptors (Lipinski definition) is 7. The number of thioether (sulfide) groups is 1. The molecule has 0 radical (unpaired) electrons. The number of benzene rings is 3. The summed E-state index contributed by atoms with van der Waals surface area (Å²) in [7, 11) is 1.60. The van der Waals surface area contributed by atoms with E-state index in [2.05, 4.69) is 16.4 Å². The quantitative estimate of drug-likeness (QED) is 0.567. The number of para-hydroxylation sites is 1. The second-order valence-corrected chi connectivity index (χ2v) is 8.79. The molecular formula is C26H21N5O2S. The summed E-state index contributed by atoms with van der Waals surface area (Å²) in [5, 5.41) is 15.1. The zero-order valence-corrected chi connectivity index (χ0v) is 19.4. The molecule has 3 aromatic rings. The Balaban J connectivity index is 1.76. The summed E-state index contributed by atoms with van der Waals surface area (Å²) in [6.45, 7) is 1.80. The van der Waals surface area contributed by atoms with Crippen LogP contribution in [0, 0.1) is 11.3 Å². The van der Waals surface area contributed by atoms with Crippen molar-refractivity contribution < 1.29 is 9.53 Å². The van der Waals surface area contributed by atoms with Crippen molar-refractivity contribution in [1.29, 1.82) is 5.26 Å². The molecule has 0 aliphatic carbocycles. The van der Waals surface area contributed by atoms with Gasteiger partial charge in [-0.2, -0.15) is 5.26 Å². The summed E-state index contributed by atoms with van der Waals surface area (Å²) in [6.07, 6.45) is 0. The first-order chi connectivity index (χ1) is 16.5. The Morgan fingerprint density at radius 3 is 2.62 bits per heavy atom. The van der Waals surface area contributed by atoms with Crippen LogP contribution in [0.4, 0.5) is 5.69 Å². The number of nitrogens with two attached hydrogens (primary N) is 1. The highest BCUT2D eigenvalue weighted by Crippen LogP contribution is 2.49. The first kappa shape index (κ1) is 21.6. The fraction of sp³-hybridized carbons (Fsp3) is 0.115. The van der Waals surface area contributed by atoms with Crippen LogP contribution in [-0.4, -0.2) is 23.1 Å². The number of fused-ring (bicyclic) bond motifs is 2. The number of methoxy groups -OCH3 is 1. The summed E-state index contributed by atoms with van der Waals surface area (Å²) < 4.78 is 5.78. The van der Waals surface area contributed by atoms with Crippen LogP contribution >= 0.6 is 11.8 Å². The number of rotatable bonds is 4. The zero-order valence-electron chi connectivity index (χ0n) is 18.6. The number of carbonyl (C=O) groups is 1. The Hall–Kier alpha value is -4.22. The number of amidine groups is 1. The maximum atomic E-state index is 13.7. The molecule has 0 bridgehead atoms. The van der Waals surface area contributed by atoms with Gasteiger partial charge in [-0.25, -0.2) is 4.99 Å². The minimum absolute atomic E-state index is 0.267. The van der Waals surface area contributed by atoms with E-state index < -0.39 is 6.04 Å². The zero-order chi connectivity index (χ0) is 23.8. The van der Waals surface area contributed by atoms with Crippen molar-refractivity contribution in [1.82, 2.24) is 4.90 Å². The predicted octanol–water partition coefficient (Wildman–Crippen LogP) is 4.87. The molecule has 8 heteroatoms. The Morgan fingerprint density at radius 2 is 1.88 bits per heavy atom. The number of allylic oxidation sites excluding steroid dienone is 2. The molecule has 1 amide bonds. The van der Waals surface area contributed by atoms with E-state index in [4.69, 9.17) is 10.5 Å². The van der Waals surface area contributed by atoms with E-state index in [0.29, 0.717) is 32.8 Å². The van der Waals surface area contributed by atoms with Gasteiger partial charge >= 0.3 is 0 Å². The molecule has 0 spiro atoms. The van der Waals surface area contributed by atoms with Gasteiger partial charge in [-0.15, -0.1) is 0 Å². The fourth-order valence-electron chi connectivity index (χ4n) is 4.36. The number of ether oxygens (including phenoxy) is 1. The van der Waals surface area contributed by atoms with Crippen molar-refractivity contribution in [2.24, 2.45) is 10.7 Å². The molecule has 0 aromatic heterocycles. The van der Waals surface area contributed by atoms with Crippen LogP contribution in [-0.2, 0) is 4.79 Å². The Morgan fingerprint density at radius 1 is 1.15 bits per heavy atom. The number of nitrogens with zero attached hydrogens (tertiary/aromatic N) is 3. The monoisotopic (exact) mass is 467 g/mol. The molecule has 0 saturated carbocycles. The largest absolute Gasteiger partial charge is 0.496 e. The fourth-order valence-corrected chi connectivity index (χ4v) is 5.28. The molecule has 7 nitrogen and oxygen atoms in total. The van der Waals surface area contributed by atoms with Crippen molar-refractivity contribution >= 4 is 39.3 Å². The molecule has 5 rings (SSSR count). The highest BCUT2D eigenvalue weighted by Gasteiger charge is 2.43. The number of amides is 1. The summed E-state index contributed by atoms with van der Waals surface area (Å²) in [6, 6.07) is 22.5. The van der Waals surface area contributed by atoms with Crippen molar-refractivity contribution in [2.75, 3.05) is 12.4 Å². The molecule has 3 N–H and O–H groups in total. The van der Waals surface area contributed by atoms with Crippen LogP contribution in [0.1, 0.15) is 18.5 Å². The average molecular weight is 468 g/mol. The molecule has 3 aromatic carbocycles. The van der Waals surface area contributed by atoms with Crippen LogP contribution < -0.4 is 15.8 Å². The molecule has 2 aliphatic heterocycles. The van der Waals surface area contributed by atoms with E-state index in [1.807, 2.05) is 66.7 Å². The van der Waals surface area contributed by atoms with Crippen molar-refractivity contribution in [3.8, 4) is 11.8 Å². The van der Waals surface area contributed by atoms with Gasteiger partial charge in [0.25, 0.3) is 5.91 Å². The minimum Gasteiger partial charge on any atom is -0.496 e. The van der Waals surface area contributed by atoms with E-state index in [9.17, 15) is 10.1 Å². The molecule has 1 atom stereocenters. The lowest BCUT2D eigenvalue weighted by Gasteiger charge is -2.36. The van der Waals surface area contributed by atoms with Crippen LogP contribution in [0.2, 0.25) is 0 Å². The second-order valence-electron chi connectivity index (χ2n) is 7.82. The normalized spacial score (nSPS) is 17.4. The summed E-state index contributed by atoms with van der Waals surface area (Å²) in [4.78, 5) is 20.5. The number of anilines is 1. The summed E-state index contributed by atoms with van der Waals surface area (Å²) in [5.41, 5.74) is 8.90. The Bertz CT molecular complexity index is 1450. The van der Waals surface area contributed by atoms with Gasteiger partial charge in [-0.05, 0) is 47.7 Å². The van der Waals surface area contributed by atoms with Gasteiger partial charge in [-0.1, -0.05) is 48.5 Å². The lowest BCUT2D eigenvalue weighted by molar-refractivity contribution is -0.113. The SMILES string of the molecule is COc1ccc2ccccc2c1[C@@H]1C(C(=O)Nc2ccccc2)=C(C)N=C2SC(C#N)=C(N)N21. The molecule has 2 heterocycles. The molecular weight excluding hydrogens is 446 g/mol. The summed E-state index contributed by atoms with van der Waals surface area (Å²) in [5.74, 6) is 0.587. The van der Waals surface area contributed by atoms with Crippen LogP contribution in [0.15, 0.2) is 93.7 Å². The third kappa shape index (κ3) is 3.47. The summed E-state index contributed by atoms with van der Waals surface area (Å²) >= 11 is 1.20. The molecule has 2 aliphatic rings. The van der Waals surface area contributed by atoms with Gasteiger partial charge in [0, 0.05) is 11.3 Å². The van der Waals surface area contributed by atoms with Crippen LogP contribution in [0.5, 0.6) is 5.75 Å². The number of hydrogen-bond donors (Lipinski definition) is 2. The van der Waals surface area contributed by atoms with Gasteiger partial charge < -0.3 is 15.8 Å². The third-order valence-corrected chi connectivity index (χ3v) is 6.85. The van der Waals surface area contributed by atoms with Crippen molar-refractivity contribution in [3.05, 3.63) is 94.3 Å². The van der Waals surface area contributed by atoms with E-state index in [-0.39, 0.29) is 11.7 Å². The molecule has 0 unspecified atom stereocenters. The topological polar surface area (TPSA) is 104 Å². The highest BCUT2D eigenvalue weighted by atomic mass is 32.2. The van der Waals surface area contributed by atoms with E-state index in [0.717, 1.165) is 16.3 Å². The minimum atomic E-state index is -0.643. The molecule has 0 fully saturated rings. The van der Waals surface area contributed by atoms with E-state index in [1.54, 1.807) is 18.9 Å². The van der Waals surface area contributed by atoms with Gasteiger partial charge in [0.05, 0.1) is 24.4 Å². The van der Waals surface area contributed by atoms with Crippen LogP contribution in [0.3, 0.4) is 0 Å². The predicted molar refractivity (Wildman–Crippen MR) is 135 cm³/mol. The van der Waals surface area contributed by atoms with Crippen molar-refractivity contribution in [3.63, 3.8) is 0 Å². The Labute approximate surface area is 201 Å². The number of aliphatic imine (C=N–C) groups is 1. The number of nitrogens with one attached hydrogen (secondary N) is 1. The maximum absolute atomic E-state index is 13.7. The van der Waals surface area contributed by atoms with E-state index >= 15 is 0 Å². The smallest absolute Gasteiger partial charge is 0.255 e. The lowest BCUT2D eigenvalue weighted by atomic mass is 9.89. The van der Waals surface area contributed by atoms with Crippen molar-refractivity contribution in [2.45, 2.75) is 13.0 Å². The maximum Gasteiger partial charge on any atom is 0.255 e. The number of carbonyl (C=O) groups excluding carboxylic acids is 1. The average Bonchev–Trinajstić information content (AvgIpc) is 3.17. The molecule has 168 valence electrons. The van der Waals surface area contributed by atoms with Gasteiger partial charge in [0.2, 0.25) is 0 Å². The van der Waals surface area contributed by atoms with Crippen LogP contribution in [0.25, 0.3) is 10.8 Å². The number of nitriles is 1. The van der Waals surface area contributed by atoms with Gasteiger partial charge in [0.1, 0.15) is 22.5 Å².